The Morgan fingerprint density at radius 3 is 2.25 bits per heavy atom. The molecule has 5 heteroatoms. The fourth-order valence-electron chi connectivity index (χ4n) is 1.88. The molecular weight excluding hydrogens is 292 g/mol. The summed E-state index contributed by atoms with van der Waals surface area (Å²) in [4.78, 5) is 0. The van der Waals surface area contributed by atoms with Crippen LogP contribution in [0.2, 0.25) is 0 Å². The number of hydrogen-bond donors (Lipinski definition) is 0. The first-order valence-electron chi connectivity index (χ1n) is 6.80. The molecule has 2 aliphatic heterocycles. The van der Waals surface area contributed by atoms with Gasteiger partial charge < -0.3 is 14.2 Å². The number of fused-ring (bicyclic) bond motifs is 1. The fraction of sp³-hybridized carbons (Fsp3) is 0.600. The first-order valence-corrected chi connectivity index (χ1v) is 9.11. The predicted molar refractivity (Wildman–Crippen MR) is 86.7 cm³/mol. The normalized spacial score (nSPS) is 22.6. The summed E-state index contributed by atoms with van der Waals surface area (Å²) in [5, 5.41) is 0. The van der Waals surface area contributed by atoms with Gasteiger partial charge in [-0.15, -0.1) is 0 Å². The standard InChI is InChI=1S/C8H16OS2.C7H6O2/c1-6(2)9-7-5-10-11-8(7,3)4;1-2-4-7-6(3-1)8-5-9-7/h6-7H,5H2,1-4H3;1-4H,5H2. The highest BCUT2D eigenvalue weighted by atomic mass is 33.1. The smallest absolute Gasteiger partial charge is 0.231 e. The van der Waals surface area contributed by atoms with Gasteiger partial charge in [0, 0.05) is 10.5 Å². The van der Waals surface area contributed by atoms with Crippen LogP contribution in [0.1, 0.15) is 27.7 Å². The Morgan fingerprint density at radius 1 is 1.20 bits per heavy atom. The van der Waals surface area contributed by atoms with Gasteiger partial charge in [0.05, 0.1) is 12.2 Å². The van der Waals surface area contributed by atoms with Crippen LogP contribution in [0.3, 0.4) is 0 Å². The highest BCUT2D eigenvalue weighted by Crippen LogP contribution is 2.47. The van der Waals surface area contributed by atoms with Crippen molar-refractivity contribution in [2.75, 3.05) is 12.5 Å². The zero-order valence-corrected chi connectivity index (χ0v) is 14.1. The van der Waals surface area contributed by atoms with Crippen molar-refractivity contribution in [1.29, 1.82) is 0 Å². The average molecular weight is 314 g/mol. The molecule has 0 amide bonds. The van der Waals surface area contributed by atoms with Crippen LogP contribution in [0.4, 0.5) is 0 Å². The van der Waals surface area contributed by atoms with Gasteiger partial charge in [-0.1, -0.05) is 33.7 Å². The van der Waals surface area contributed by atoms with Gasteiger partial charge in [-0.25, -0.2) is 0 Å². The zero-order chi connectivity index (χ0) is 14.6. The first kappa shape index (κ1) is 15.9. The van der Waals surface area contributed by atoms with Crippen molar-refractivity contribution in [1.82, 2.24) is 0 Å². The maximum atomic E-state index is 5.78. The lowest BCUT2D eigenvalue weighted by Crippen LogP contribution is -2.34. The van der Waals surface area contributed by atoms with Gasteiger partial charge >= 0.3 is 0 Å². The Morgan fingerprint density at radius 2 is 1.80 bits per heavy atom. The predicted octanol–water partition coefficient (Wildman–Crippen LogP) is 4.37. The molecule has 3 rings (SSSR count). The van der Waals surface area contributed by atoms with Gasteiger partial charge in [-0.3, -0.25) is 0 Å². The third-order valence-corrected chi connectivity index (χ3v) is 6.28. The summed E-state index contributed by atoms with van der Waals surface area (Å²) in [7, 11) is 3.86. The SMILES string of the molecule is CC(C)OC1CSSC1(C)C.c1ccc2c(c1)OCO2. The van der Waals surface area contributed by atoms with Crippen LogP contribution in [0.25, 0.3) is 0 Å². The van der Waals surface area contributed by atoms with Crippen molar-refractivity contribution in [3.63, 3.8) is 0 Å². The molecule has 0 aromatic heterocycles. The fourth-order valence-corrected chi connectivity index (χ4v) is 5.03. The Labute approximate surface area is 129 Å². The molecule has 0 spiro atoms. The molecule has 1 atom stereocenters. The second kappa shape index (κ2) is 6.96. The number of ether oxygens (including phenoxy) is 3. The van der Waals surface area contributed by atoms with E-state index in [4.69, 9.17) is 14.2 Å². The molecule has 20 heavy (non-hydrogen) atoms. The molecule has 0 radical (unpaired) electrons. The highest BCUT2D eigenvalue weighted by molar-refractivity contribution is 8.77. The largest absolute Gasteiger partial charge is 0.454 e. The van der Waals surface area contributed by atoms with E-state index in [0.29, 0.717) is 23.7 Å². The Bertz CT molecular complexity index is 412. The van der Waals surface area contributed by atoms with Gasteiger partial charge in [0.25, 0.3) is 0 Å². The van der Waals surface area contributed by atoms with Crippen LogP contribution in [-0.4, -0.2) is 29.5 Å². The van der Waals surface area contributed by atoms with Crippen LogP contribution in [-0.2, 0) is 4.74 Å². The zero-order valence-electron chi connectivity index (χ0n) is 12.4. The van der Waals surface area contributed by atoms with Crippen LogP contribution >= 0.6 is 21.6 Å². The van der Waals surface area contributed by atoms with Crippen molar-refractivity contribution in [2.45, 2.75) is 44.6 Å². The molecular formula is C15H22O3S2. The third kappa shape index (κ3) is 4.24. The average Bonchev–Trinajstić information content (AvgIpc) is 2.97. The lowest BCUT2D eigenvalue weighted by Gasteiger charge is -2.26. The maximum absolute atomic E-state index is 5.78. The van der Waals surface area contributed by atoms with Crippen molar-refractivity contribution >= 4 is 21.6 Å². The minimum atomic E-state index is 0.301. The molecule has 2 heterocycles. The number of benzene rings is 1. The summed E-state index contributed by atoms with van der Waals surface area (Å²) in [6.07, 6.45) is 0.788. The maximum Gasteiger partial charge on any atom is 0.231 e. The van der Waals surface area contributed by atoms with Crippen LogP contribution in [0, 0.1) is 0 Å². The van der Waals surface area contributed by atoms with E-state index in [2.05, 4.69) is 27.7 Å². The van der Waals surface area contributed by atoms with Gasteiger partial charge in [-0.05, 0) is 39.8 Å². The van der Waals surface area contributed by atoms with E-state index in [-0.39, 0.29) is 0 Å². The monoisotopic (exact) mass is 314 g/mol. The summed E-state index contributed by atoms with van der Waals surface area (Å²) >= 11 is 0. The second-order valence-electron chi connectivity index (χ2n) is 5.50. The second-order valence-corrected chi connectivity index (χ2v) is 8.49. The number of para-hydroxylation sites is 2. The van der Waals surface area contributed by atoms with E-state index in [1.165, 1.54) is 0 Å². The van der Waals surface area contributed by atoms with Gasteiger partial charge in [0.15, 0.2) is 11.5 Å². The van der Waals surface area contributed by atoms with E-state index in [9.17, 15) is 0 Å². The van der Waals surface area contributed by atoms with Gasteiger partial charge in [0.2, 0.25) is 6.79 Å². The molecule has 0 aliphatic carbocycles. The van der Waals surface area contributed by atoms with Crippen LogP contribution < -0.4 is 9.47 Å². The summed E-state index contributed by atoms with van der Waals surface area (Å²) in [5.41, 5.74) is 0. The molecule has 0 bridgehead atoms. The van der Waals surface area contributed by atoms with Crippen molar-refractivity contribution in [3.05, 3.63) is 24.3 Å². The highest BCUT2D eigenvalue weighted by Gasteiger charge is 2.37. The minimum Gasteiger partial charge on any atom is -0.454 e. The molecule has 0 N–H and O–H groups in total. The summed E-state index contributed by atoms with van der Waals surface area (Å²) in [6, 6.07) is 7.63. The number of hydrogen-bond acceptors (Lipinski definition) is 5. The van der Waals surface area contributed by atoms with Crippen LogP contribution in [0.15, 0.2) is 24.3 Å². The van der Waals surface area contributed by atoms with E-state index in [0.717, 1.165) is 17.3 Å². The van der Waals surface area contributed by atoms with E-state index < -0.39 is 0 Å². The van der Waals surface area contributed by atoms with Crippen molar-refractivity contribution in [2.24, 2.45) is 0 Å². The van der Waals surface area contributed by atoms with Crippen molar-refractivity contribution in [3.8, 4) is 11.5 Å². The Kier molecular flexibility index (Phi) is 5.52. The molecule has 1 aromatic rings. The summed E-state index contributed by atoms with van der Waals surface area (Å²) in [6.45, 7) is 9.07. The Balaban J connectivity index is 0.000000149. The quantitative estimate of drug-likeness (QED) is 0.756. The molecule has 3 nitrogen and oxygen atoms in total. The molecule has 2 aliphatic rings. The third-order valence-electron chi connectivity index (χ3n) is 2.98. The molecule has 1 unspecified atom stereocenters. The molecule has 1 fully saturated rings. The lowest BCUT2D eigenvalue weighted by molar-refractivity contribution is 0.00749. The van der Waals surface area contributed by atoms with Crippen LogP contribution in [0.5, 0.6) is 11.5 Å². The van der Waals surface area contributed by atoms with Gasteiger partial charge in [0.1, 0.15) is 0 Å². The molecule has 1 saturated heterocycles. The molecule has 0 saturated carbocycles. The molecule has 1 aromatic carbocycles. The van der Waals surface area contributed by atoms with E-state index in [1.807, 2.05) is 45.9 Å². The number of rotatable bonds is 2. The van der Waals surface area contributed by atoms with E-state index >= 15 is 0 Å². The van der Waals surface area contributed by atoms with Crippen molar-refractivity contribution < 1.29 is 14.2 Å². The summed E-state index contributed by atoms with van der Waals surface area (Å²) in [5.74, 6) is 2.82. The molecule has 112 valence electrons. The van der Waals surface area contributed by atoms with E-state index in [1.54, 1.807) is 0 Å². The summed E-state index contributed by atoms with van der Waals surface area (Å²) < 4.78 is 16.2. The minimum absolute atomic E-state index is 0.301. The topological polar surface area (TPSA) is 27.7 Å². The van der Waals surface area contributed by atoms with Gasteiger partial charge in [-0.2, -0.15) is 0 Å². The Hall–Kier alpha value is -0.520. The lowest BCUT2D eigenvalue weighted by atomic mass is 10.1. The first-order chi connectivity index (χ1) is 9.49.